The predicted molar refractivity (Wildman–Crippen MR) is 46.7 cm³/mol. The fourth-order valence-electron chi connectivity index (χ4n) is 0.666. The summed E-state index contributed by atoms with van der Waals surface area (Å²) in [4.78, 5) is 10.6. The van der Waals surface area contributed by atoms with Crippen LogP contribution < -0.4 is 5.43 Å². The van der Waals surface area contributed by atoms with Crippen molar-refractivity contribution in [2.45, 2.75) is 11.6 Å². The Morgan fingerprint density at radius 2 is 2.00 bits per heavy atom. The van der Waals surface area contributed by atoms with Crippen LogP contribution in [-0.4, -0.2) is 33.5 Å². The summed E-state index contributed by atoms with van der Waals surface area (Å²) < 4.78 is 60.4. The van der Waals surface area contributed by atoms with Crippen LogP contribution in [-0.2, 0) is 4.79 Å². The molecule has 4 nitrogen and oxygen atoms in total. The van der Waals surface area contributed by atoms with Crippen LogP contribution >= 0.6 is 23.4 Å². The number of amides is 1. The summed E-state index contributed by atoms with van der Waals surface area (Å²) in [5.74, 6) is -2.37. The Labute approximate surface area is 94.8 Å². The second kappa shape index (κ2) is 4.24. The smallest absolute Gasteiger partial charge is 0.265 e. The standard InChI is InChI=1S/C5H3ClF5N3OS/c6-4(7,8)2(15)12-14-1-16-3(13-14)5(9,10)11/h1H2,(H,12,15). The highest BCUT2D eigenvalue weighted by Crippen LogP contribution is 2.30. The van der Waals surface area contributed by atoms with Crippen molar-refractivity contribution < 1.29 is 26.7 Å². The van der Waals surface area contributed by atoms with Crippen molar-refractivity contribution in [2.75, 3.05) is 5.88 Å². The molecule has 11 heteroatoms. The highest BCUT2D eigenvalue weighted by atomic mass is 35.5. The van der Waals surface area contributed by atoms with Gasteiger partial charge in [-0.15, -0.1) is 5.10 Å². The van der Waals surface area contributed by atoms with Crippen LogP contribution in [0.2, 0.25) is 0 Å². The molecular weight excluding hydrogens is 281 g/mol. The average Bonchev–Trinajstić information content (AvgIpc) is 2.49. The van der Waals surface area contributed by atoms with Crippen LogP contribution in [0.3, 0.4) is 0 Å². The molecule has 0 atom stereocenters. The topological polar surface area (TPSA) is 44.7 Å². The summed E-state index contributed by atoms with van der Waals surface area (Å²) in [5, 5.41) is -2.21. The quantitative estimate of drug-likeness (QED) is 0.620. The predicted octanol–water partition coefficient (Wildman–Crippen LogP) is 1.73. The number of hydrogen-bond donors (Lipinski definition) is 1. The van der Waals surface area contributed by atoms with Crippen molar-refractivity contribution in [3.63, 3.8) is 0 Å². The number of hydrazine groups is 1. The highest BCUT2D eigenvalue weighted by Gasteiger charge is 2.42. The molecule has 1 rings (SSSR count). The lowest BCUT2D eigenvalue weighted by Crippen LogP contribution is -2.44. The van der Waals surface area contributed by atoms with E-state index < -0.39 is 28.4 Å². The van der Waals surface area contributed by atoms with Gasteiger partial charge < -0.3 is 0 Å². The minimum atomic E-state index is -4.67. The van der Waals surface area contributed by atoms with E-state index in [-0.39, 0.29) is 11.8 Å². The maximum atomic E-state index is 12.1. The Morgan fingerprint density at radius 3 is 2.38 bits per heavy atom. The van der Waals surface area contributed by atoms with Crippen LogP contribution in [0.15, 0.2) is 5.10 Å². The minimum absolute atomic E-state index is 0.258. The molecule has 0 aromatic heterocycles. The van der Waals surface area contributed by atoms with Gasteiger partial charge >= 0.3 is 17.5 Å². The third-order valence-corrected chi connectivity index (χ3v) is 2.40. The van der Waals surface area contributed by atoms with Crippen molar-refractivity contribution in [3.05, 3.63) is 0 Å². The van der Waals surface area contributed by atoms with Crippen molar-refractivity contribution in [2.24, 2.45) is 5.10 Å². The molecule has 1 amide bonds. The van der Waals surface area contributed by atoms with Gasteiger partial charge in [-0.05, 0) is 11.6 Å². The molecule has 1 aliphatic rings. The second-order valence-corrected chi connectivity index (χ2v) is 3.92. The summed E-state index contributed by atoms with van der Waals surface area (Å²) in [6.45, 7) is 0. The van der Waals surface area contributed by atoms with E-state index in [0.717, 1.165) is 0 Å². The number of rotatable bonds is 2. The molecule has 0 aromatic carbocycles. The molecule has 1 N–H and O–H groups in total. The molecular formula is C5H3ClF5N3OS. The second-order valence-electron chi connectivity index (χ2n) is 2.51. The molecule has 0 saturated carbocycles. The zero-order valence-corrected chi connectivity index (χ0v) is 8.76. The van der Waals surface area contributed by atoms with Crippen molar-refractivity contribution >= 4 is 34.3 Å². The molecule has 0 unspecified atom stereocenters. The molecule has 92 valence electrons. The molecule has 0 radical (unpaired) electrons. The number of alkyl halides is 6. The van der Waals surface area contributed by atoms with Crippen molar-refractivity contribution in [3.8, 4) is 0 Å². The normalized spacial score (nSPS) is 17.4. The summed E-state index contributed by atoms with van der Waals surface area (Å²) in [5.41, 5.74) is 1.42. The van der Waals surface area contributed by atoms with Gasteiger partial charge in [-0.2, -0.15) is 27.1 Å². The molecule has 0 fully saturated rings. The lowest BCUT2D eigenvalue weighted by Gasteiger charge is -2.15. The number of hydrazone groups is 1. The third kappa shape index (κ3) is 3.37. The van der Waals surface area contributed by atoms with Crippen LogP contribution in [0.25, 0.3) is 0 Å². The van der Waals surface area contributed by atoms with Gasteiger partial charge in [0, 0.05) is 0 Å². The SMILES string of the molecule is O=C(NN1CSC(C(F)(F)F)=N1)C(F)(F)Cl. The van der Waals surface area contributed by atoms with Crippen LogP contribution in [0, 0.1) is 0 Å². The van der Waals surface area contributed by atoms with E-state index in [2.05, 4.69) is 16.7 Å². The van der Waals surface area contributed by atoms with Gasteiger partial charge in [0.25, 0.3) is 0 Å². The maximum absolute atomic E-state index is 12.1. The molecule has 0 saturated heterocycles. The number of thioether (sulfide) groups is 1. The minimum Gasteiger partial charge on any atom is -0.265 e. The van der Waals surface area contributed by atoms with Gasteiger partial charge in [0.15, 0.2) is 0 Å². The van der Waals surface area contributed by atoms with Gasteiger partial charge in [0.1, 0.15) is 5.88 Å². The Hall–Kier alpha value is -0.770. The van der Waals surface area contributed by atoms with Crippen LogP contribution in [0.5, 0.6) is 0 Å². The summed E-state index contributed by atoms with van der Waals surface area (Å²) in [7, 11) is 0. The van der Waals surface area contributed by atoms with E-state index in [1.807, 2.05) is 0 Å². The Kier molecular flexibility index (Phi) is 3.53. The zero-order chi connectivity index (χ0) is 12.6. The molecule has 0 bridgehead atoms. The van der Waals surface area contributed by atoms with Crippen molar-refractivity contribution in [1.29, 1.82) is 0 Å². The van der Waals surface area contributed by atoms with Gasteiger partial charge in [-0.3, -0.25) is 4.79 Å². The lowest BCUT2D eigenvalue weighted by atomic mass is 10.6. The first kappa shape index (κ1) is 13.3. The summed E-state index contributed by atoms with van der Waals surface area (Å²) in [6.07, 6.45) is -4.67. The van der Waals surface area contributed by atoms with Gasteiger partial charge in [-0.1, -0.05) is 11.8 Å². The van der Waals surface area contributed by atoms with Crippen LogP contribution in [0.4, 0.5) is 22.0 Å². The van der Waals surface area contributed by atoms with E-state index in [0.29, 0.717) is 5.12 Å². The number of nitrogens with zero attached hydrogens (tertiary/aromatic N) is 2. The largest absolute Gasteiger partial charge is 0.441 e. The van der Waals surface area contributed by atoms with E-state index in [1.165, 1.54) is 5.43 Å². The van der Waals surface area contributed by atoms with Gasteiger partial charge in [-0.25, -0.2) is 5.43 Å². The monoisotopic (exact) mass is 283 g/mol. The van der Waals surface area contributed by atoms with E-state index in [4.69, 9.17) is 0 Å². The fourth-order valence-corrected chi connectivity index (χ4v) is 1.40. The molecule has 0 aromatic rings. The molecule has 0 spiro atoms. The number of nitrogens with one attached hydrogen (secondary N) is 1. The molecule has 0 aliphatic carbocycles. The maximum Gasteiger partial charge on any atom is 0.441 e. The zero-order valence-electron chi connectivity index (χ0n) is 7.19. The summed E-state index contributed by atoms with van der Waals surface area (Å²) in [6, 6.07) is 0. The number of carbonyl (C=O) groups is 1. The number of carbonyl (C=O) groups excluding carboxylic acids is 1. The van der Waals surface area contributed by atoms with Gasteiger partial charge in [0.05, 0.1) is 0 Å². The number of hydrogen-bond acceptors (Lipinski definition) is 4. The lowest BCUT2D eigenvalue weighted by molar-refractivity contribution is -0.140. The first-order valence-corrected chi connectivity index (χ1v) is 4.91. The number of halogens is 6. The Balaban J connectivity index is 2.61. The van der Waals surface area contributed by atoms with Crippen molar-refractivity contribution in [1.82, 2.24) is 10.5 Å². The average molecular weight is 284 g/mol. The van der Waals surface area contributed by atoms with E-state index in [1.54, 1.807) is 0 Å². The van der Waals surface area contributed by atoms with E-state index >= 15 is 0 Å². The highest BCUT2D eigenvalue weighted by molar-refractivity contribution is 8.14. The third-order valence-electron chi connectivity index (χ3n) is 1.27. The first-order chi connectivity index (χ1) is 7.10. The fraction of sp³-hybridized carbons (Fsp3) is 0.600. The van der Waals surface area contributed by atoms with Gasteiger partial charge in [0.2, 0.25) is 5.04 Å². The molecule has 1 heterocycles. The summed E-state index contributed by atoms with van der Waals surface area (Å²) >= 11 is 4.60. The molecule has 16 heavy (non-hydrogen) atoms. The first-order valence-electron chi connectivity index (χ1n) is 3.54. The van der Waals surface area contributed by atoms with E-state index in [9.17, 15) is 26.7 Å². The molecule has 1 aliphatic heterocycles. The van der Waals surface area contributed by atoms with Crippen LogP contribution in [0.1, 0.15) is 0 Å². The Morgan fingerprint density at radius 1 is 1.44 bits per heavy atom. The Bertz CT molecular complexity index is 327.